The Balaban J connectivity index is 2.44. The number of hydrogen-bond acceptors (Lipinski definition) is 2. The monoisotopic (exact) mass is 316 g/mol. The van der Waals surface area contributed by atoms with Gasteiger partial charge in [-0.3, -0.25) is 0 Å². The van der Waals surface area contributed by atoms with E-state index in [1.54, 1.807) is 0 Å². The van der Waals surface area contributed by atoms with Crippen LogP contribution in [0.25, 0.3) is 0 Å². The van der Waals surface area contributed by atoms with Crippen molar-refractivity contribution in [3.63, 3.8) is 0 Å². The predicted octanol–water partition coefficient (Wildman–Crippen LogP) is 5.09. The van der Waals surface area contributed by atoms with Crippen molar-refractivity contribution in [3.05, 3.63) is 12.7 Å². The highest BCUT2D eigenvalue weighted by Gasteiger charge is 2.40. The van der Waals surface area contributed by atoms with Crippen molar-refractivity contribution >= 4 is 0 Å². The SMILES string of the molecule is C=CC(C)C#CC#CCC1OC(C)(C)OC1CCCCCCC. The van der Waals surface area contributed by atoms with Crippen LogP contribution in [-0.4, -0.2) is 18.0 Å². The number of allylic oxidation sites excluding steroid dienone is 1. The first kappa shape index (κ1) is 19.8. The standard InChI is InChI=1S/C21H32O2/c1-6-8-9-10-13-16-19-20(23-21(4,5)22-19)17-14-11-12-15-18(3)7-2/h7,18-20H,2,6,8-10,13,16-17H2,1,3-5H3. The van der Waals surface area contributed by atoms with Gasteiger partial charge < -0.3 is 9.47 Å². The number of hydrogen-bond donors (Lipinski definition) is 0. The molecule has 1 heterocycles. The van der Waals surface area contributed by atoms with Gasteiger partial charge in [0.1, 0.15) is 0 Å². The fraction of sp³-hybridized carbons (Fsp3) is 0.714. The van der Waals surface area contributed by atoms with Gasteiger partial charge in [0.2, 0.25) is 0 Å². The van der Waals surface area contributed by atoms with Crippen LogP contribution in [0.4, 0.5) is 0 Å². The lowest BCUT2D eigenvalue weighted by Crippen LogP contribution is -2.21. The molecule has 0 aliphatic carbocycles. The molecule has 3 unspecified atom stereocenters. The zero-order valence-electron chi connectivity index (χ0n) is 15.3. The van der Waals surface area contributed by atoms with Gasteiger partial charge in [-0.05, 0) is 39.0 Å². The first-order chi connectivity index (χ1) is 11.0. The molecule has 0 aromatic carbocycles. The summed E-state index contributed by atoms with van der Waals surface area (Å²) in [4.78, 5) is 0. The second kappa shape index (κ2) is 10.5. The summed E-state index contributed by atoms with van der Waals surface area (Å²) in [6, 6.07) is 0. The lowest BCUT2D eigenvalue weighted by Gasteiger charge is -2.16. The topological polar surface area (TPSA) is 18.5 Å². The van der Waals surface area contributed by atoms with Crippen molar-refractivity contribution in [1.82, 2.24) is 0 Å². The molecule has 1 aliphatic rings. The number of unbranched alkanes of at least 4 members (excludes halogenated alkanes) is 4. The van der Waals surface area contributed by atoms with E-state index in [2.05, 4.69) is 37.2 Å². The Morgan fingerprint density at radius 2 is 1.78 bits per heavy atom. The molecular formula is C21H32O2. The minimum absolute atomic E-state index is 0.0577. The smallest absolute Gasteiger partial charge is 0.163 e. The van der Waals surface area contributed by atoms with E-state index in [4.69, 9.17) is 9.47 Å². The van der Waals surface area contributed by atoms with E-state index in [1.807, 2.05) is 26.8 Å². The minimum atomic E-state index is -0.497. The second-order valence-corrected chi connectivity index (χ2v) is 6.71. The fourth-order valence-electron chi connectivity index (χ4n) is 2.68. The van der Waals surface area contributed by atoms with Crippen molar-refractivity contribution < 1.29 is 9.47 Å². The minimum Gasteiger partial charge on any atom is -0.345 e. The van der Waals surface area contributed by atoms with Gasteiger partial charge in [-0.1, -0.05) is 56.9 Å². The van der Waals surface area contributed by atoms with Crippen molar-refractivity contribution in [2.75, 3.05) is 0 Å². The van der Waals surface area contributed by atoms with E-state index in [0.29, 0.717) is 6.42 Å². The number of ether oxygens (including phenoxy) is 2. The Bertz CT molecular complexity index is 470. The van der Waals surface area contributed by atoms with E-state index in [-0.39, 0.29) is 18.1 Å². The molecule has 128 valence electrons. The van der Waals surface area contributed by atoms with Crippen LogP contribution in [0.3, 0.4) is 0 Å². The van der Waals surface area contributed by atoms with Crippen molar-refractivity contribution in [2.24, 2.45) is 5.92 Å². The molecule has 0 amide bonds. The normalized spacial score (nSPS) is 23.3. The van der Waals surface area contributed by atoms with Gasteiger partial charge in [0.05, 0.1) is 12.2 Å². The highest BCUT2D eigenvalue weighted by atomic mass is 16.7. The van der Waals surface area contributed by atoms with Gasteiger partial charge in [0.15, 0.2) is 5.79 Å². The maximum Gasteiger partial charge on any atom is 0.163 e. The van der Waals surface area contributed by atoms with Gasteiger partial charge in [-0.25, -0.2) is 0 Å². The van der Waals surface area contributed by atoms with E-state index in [1.165, 1.54) is 32.1 Å². The molecule has 2 heteroatoms. The van der Waals surface area contributed by atoms with Gasteiger partial charge in [-0.2, -0.15) is 0 Å². The van der Waals surface area contributed by atoms with Gasteiger partial charge >= 0.3 is 0 Å². The molecule has 23 heavy (non-hydrogen) atoms. The Morgan fingerprint density at radius 1 is 1.09 bits per heavy atom. The summed E-state index contributed by atoms with van der Waals surface area (Å²) in [6.45, 7) is 11.9. The lowest BCUT2D eigenvalue weighted by atomic mass is 10.0. The summed E-state index contributed by atoms with van der Waals surface area (Å²) >= 11 is 0. The molecule has 0 aromatic rings. The summed E-state index contributed by atoms with van der Waals surface area (Å²) in [7, 11) is 0. The molecule has 0 radical (unpaired) electrons. The highest BCUT2D eigenvalue weighted by molar-refractivity contribution is 5.28. The second-order valence-electron chi connectivity index (χ2n) is 6.71. The summed E-state index contributed by atoms with van der Waals surface area (Å²) in [5, 5.41) is 0. The third kappa shape index (κ3) is 8.26. The number of rotatable bonds is 8. The lowest BCUT2D eigenvalue weighted by molar-refractivity contribution is -0.146. The van der Waals surface area contributed by atoms with E-state index >= 15 is 0 Å². The highest BCUT2D eigenvalue weighted by Crippen LogP contribution is 2.32. The van der Waals surface area contributed by atoms with Crippen LogP contribution in [0.1, 0.15) is 72.6 Å². The van der Waals surface area contributed by atoms with Crippen molar-refractivity contribution in [3.8, 4) is 23.7 Å². The van der Waals surface area contributed by atoms with Crippen LogP contribution in [0.15, 0.2) is 12.7 Å². The third-order valence-corrected chi connectivity index (χ3v) is 3.98. The van der Waals surface area contributed by atoms with Crippen molar-refractivity contribution in [1.29, 1.82) is 0 Å². The molecule has 0 N–H and O–H groups in total. The molecule has 0 bridgehead atoms. The molecule has 1 aliphatic heterocycles. The molecule has 1 fully saturated rings. The fourth-order valence-corrected chi connectivity index (χ4v) is 2.68. The maximum atomic E-state index is 6.04. The molecule has 0 spiro atoms. The van der Waals surface area contributed by atoms with Gasteiger partial charge in [0.25, 0.3) is 0 Å². The maximum absolute atomic E-state index is 6.04. The first-order valence-electron chi connectivity index (χ1n) is 8.95. The third-order valence-electron chi connectivity index (χ3n) is 3.98. The largest absolute Gasteiger partial charge is 0.345 e. The van der Waals surface area contributed by atoms with Gasteiger partial charge in [-0.15, -0.1) is 6.58 Å². The molecular weight excluding hydrogens is 284 g/mol. The molecule has 1 rings (SSSR count). The van der Waals surface area contributed by atoms with Crippen LogP contribution < -0.4 is 0 Å². The zero-order valence-corrected chi connectivity index (χ0v) is 15.3. The van der Waals surface area contributed by atoms with E-state index < -0.39 is 5.79 Å². The molecule has 0 saturated carbocycles. The van der Waals surface area contributed by atoms with E-state index in [9.17, 15) is 0 Å². The van der Waals surface area contributed by atoms with E-state index in [0.717, 1.165) is 6.42 Å². The quantitative estimate of drug-likeness (QED) is 0.353. The Labute approximate surface area is 143 Å². The average molecular weight is 316 g/mol. The molecule has 3 atom stereocenters. The Kier molecular flexibility index (Phi) is 9.08. The van der Waals surface area contributed by atoms with Crippen LogP contribution in [0.5, 0.6) is 0 Å². The Hall–Kier alpha value is -1.22. The van der Waals surface area contributed by atoms with Crippen LogP contribution in [-0.2, 0) is 9.47 Å². The summed E-state index contributed by atoms with van der Waals surface area (Å²) < 4.78 is 12.0. The van der Waals surface area contributed by atoms with Gasteiger partial charge in [0, 0.05) is 12.3 Å². The van der Waals surface area contributed by atoms with Crippen LogP contribution in [0.2, 0.25) is 0 Å². The van der Waals surface area contributed by atoms with Crippen LogP contribution in [0, 0.1) is 29.6 Å². The zero-order chi connectivity index (χ0) is 17.1. The summed E-state index contributed by atoms with van der Waals surface area (Å²) in [5.41, 5.74) is 0. The molecule has 0 aromatic heterocycles. The molecule has 1 saturated heterocycles. The summed E-state index contributed by atoms with van der Waals surface area (Å²) in [5.74, 6) is 11.6. The average Bonchev–Trinajstić information content (AvgIpc) is 2.80. The van der Waals surface area contributed by atoms with Crippen LogP contribution >= 0.6 is 0 Å². The van der Waals surface area contributed by atoms with Crippen molar-refractivity contribution in [2.45, 2.75) is 90.6 Å². The first-order valence-corrected chi connectivity index (χ1v) is 8.95. The summed E-state index contributed by atoms with van der Waals surface area (Å²) in [6.07, 6.45) is 10.2. The predicted molar refractivity (Wildman–Crippen MR) is 96.7 cm³/mol. The molecule has 2 nitrogen and oxygen atoms in total. The Morgan fingerprint density at radius 3 is 2.48 bits per heavy atom.